The molecule has 2 aliphatic heterocycles. The number of amides is 1. The first-order chi connectivity index (χ1) is 17.6. The molecule has 1 amide bonds. The Morgan fingerprint density at radius 1 is 1.00 bits per heavy atom. The fraction of sp³-hybridized carbons (Fsp3) is 0.310. The maximum Gasteiger partial charge on any atom is 0.235 e. The van der Waals surface area contributed by atoms with Gasteiger partial charge in [0, 0.05) is 54.4 Å². The Labute approximate surface area is 210 Å². The molecule has 0 bridgehead atoms. The maximum atomic E-state index is 13.0. The summed E-state index contributed by atoms with van der Waals surface area (Å²) in [7, 11) is 3.84. The van der Waals surface area contributed by atoms with E-state index in [1.54, 1.807) is 7.11 Å². The molecule has 2 N–H and O–H groups in total. The van der Waals surface area contributed by atoms with Crippen molar-refractivity contribution < 1.29 is 9.53 Å². The summed E-state index contributed by atoms with van der Waals surface area (Å²) in [6, 6.07) is 21.0. The molecule has 7 rings (SSSR count). The molecule has 3 aliphatic rings. The molecule has 1 saturated heterocycles. The van der Waals surface area contributed by atoms with Gasteiger partial charge in [0.05, 0.1) is 23.7 Å². The third-order valence-electron chi connectivity index (χ3n) is 8.32. The first-order valence-corrected chi connectivity index (χ1v) is 12.6. The lowest BCUT2D eigenvalue weighted by Gasteiger charge is -2.34. The number of hydrogen-bond donors (Lipinski definition) is 2. The van der Waals surface area contributed by atoms with E-state index in [-0.39, 0.29) is 11.8 Å². The van der Waals surface area contributed by atoms with Crippen LogP contribution in [0, 0.1) is 0 Å². The Morgan fingerprint density at radius 2 is 1.81 bits per heavy atom. The largest absolute Gasteiger partial charge is 0.497 e. The lowest BCUT2D eigenvalue weighted by Crippen LogP contribution is -2.44. The number of anilines is 2. The van der Waals surface area contributed by atoms with Crippen LogP contribution >= 0.6 is 0 Å². The number of nitrogens with one attached hydrogen (secondary N) is 2. The van der Waals surface area contributed by atoms with Gasteiger partial charge in [0.25, 0.3) is 0 Å². The number of benzene rings is 3. The first-order valence-electron chi connectivity index (χ1n) is 12.6. The average molecular weight is 480 g/mol. The highest BCUT2D eigenvalue weighted by Gasteiger charge is 2.65. The number of methoxy groups -OCH3 is 1. The van der Waals surface area contributed by atoms with Crippen LogP contribution in [0.2, 0.25) is 0 Å². The number of likely N-dealkylation sites (N-methyl/N-ethyl adjacent to an activating group) is 1. The molecule has 1 aliphatic carbocycles. The molecule has 1 aromatic heterocycles. The fourth-order valence-electron chi connectivity index (χ4n) is 6.07. The van der Waals surface area contributed by atoms with Crippen LogP contribution in [-0.4, -0.2) is 61.3 Å². The van der Waals surface area contributed by atoms with Gasteiger partial charge in [-0.05, 0) is 61.0 Å². The van der Waals surface area contributed by atoms with Gasteiger partial charge in [-0.2, -0.15) is 5.10 Å². The average Bonchev–Trinajstić information content (AvgIpc) is 3.44. The summed E-state index contributed by atoms with van der Waals surface area (Å²) in [5, 5.41) is 12.1. The second kappa shape index (κ2) is 7.83. The zero-order chi connectivity index (χ0) is 24.4. The molecule has 1 saturated carbocycles. The third-order valence-corrected chi connectivity index (χ3v) is 8.32. The van der Waals surface area contributed by atoms with Crippen LogP contribution in [0.4, 0.5) is 11.4 Å². The molecule has 1 spiro atoms. The molecule has 7 nitrogen and oxygen atoms in total. The molecular formula is C29H29N5O2. The van der Waals surface area contributed by atoms with Gasteiger partial charge in [-0.1, -0.05) is 24.3 Å². The van der Waals surface area contributed by atoms with Crippen LogP contribution in [0.15, 0.2) is 60.7 Å². The summed E-state index contributed by atoms with van der Waals surface area (Å²) in [5.41, 5.74) is 6.92. The molecule has 4 aromatic rings. The quantitative estimate of drug-likeness (QED) is 0.455. The molecule has 182 valence electrons. The molecule has 2 atom stereocenters. The van der Waals surface area contributed by atoms with E-state index in [1.807, 2.05) is 18.2 Å². The number of nitrogens with zero attached hydrogens (tertiary/aromatic N) is 3. The lowest BCUT2D eigenvalue weighted by atomic mass is 9.91. The number of fused-ring (bicyclic) bond motifs is 3. The third kappa shape index (κ3) is 3.15. The minimum Gasteiger partial charge on any atom is -0.497 e. The molecule has 36 heavy (non-hydrogen) atoms. The van der Waals surface area contributed by atoms with E-state index in [1.165, 1.54) is 5.69 Å². The van der Waals surface area contributed by atoms with Crippen LogP contribution in [0.3, 0.4) is 0 Å². The smallest absolute Gasteiger partial charge is 0.235 e. The summed E-state index contributed by atoms with van der Waals surface area (Å²) in [4.78, 5) is 17.8. The summed E-state index contributed by atoms with van der Waals surface area (Å²) < 4.78 is 5.43. The number of piperazine rings is 1. The number of aromatic nitrogens is 2. The van der Waals surface area contributed by atoms with Crippen LogP contribution in [0.25, 0.3) is 22.2 Å². The van der Waals surface area contributed by atoms with E-state index < -0.39 is 5.41 Å². The second-order valence-corrected chi connectivity index (χ2v) is 10.3. The first kappa shape index (κ1) is 21.4. The maximum absolute atomic E-state index is 13.0. The fourth-order valence-corrected chi connectivity index (χ4v) is 6.07. The van der Waals surface area contributed by atoms with Crippen molar-refractivity contribution in [3.63, 3.8) is 0 Å². The topological polar surface area (TPSA) is 73.5 Å². The highest BCUT2D eigenvalue weighted by molar-refractivity contribution is 6.10. The van der Waals surface area contributed by atoms with Crippen molar-refractivity contribution in [2.45, 2.75) is 17.8 Å². The predicted octanol–water partition coefficient (Wildman–Crippen LogP) is 4.37. The van der Waals surface area contributed by atoms with Crippen LogP contribution < -0.4 is 15.0 Å². The number of rotatable bonds is 4. The summed E-state index contributed by atoms with van der Waals surface area (Å²) >= 11 is 0. The molecule has 3 heterocycles. The molecular weight excluding hydrogens is 450 g/mol. The highest BCUT2D eigenvalue weighted by atomic mass is 16.5. The Kier molecular flexibility index (Phi) is 4.66. The van der Waals surface area contributed by atoms with Gasteiger partial charge >= 0.3 is 0 Å². The number of carbonyl (C=O) groups excluding carboxylic acids is 1. The van der Waals surface area contributed by atoms with E-state index in [4.69, 9.17) is 4.74 Å². The Bertz CT molecular complexity index is 1490. The highest BCUT2D eigenvalue weighted by Crippen LogP contribution is 2.65. The second-order valence-electron chi connectivity index (χ2n) is 10.3. The standard InChI is InChI=1S/C29H29N5O2/c1-33-11-13-34(14-12-33)20-6-3-18(4-7-20)27-22-9-5-19(15-26(22)31-32-27)24-17-29(24)23-16-21(36-2)8-10-25(23)30-28(29)35/h3-10,15-16,24H,11-14,17H2,1-2H3,(H,30,35)(H,31,32)/t24?,29-/m0/s1. The molecule has 0 radical (unpaired) electrons. The minimum atomic E-state index is -0.501. The van der Waals surface area contributed by atoms with E-state index >= 15 is 0 Å². The van der Waals surface area contributed by atoms with Crippen molar-refractivity contribution in [1.82, 2.24) is 15.1 Å². The van der Waals surface area contributed by atoms with Gasteiger partial charge in [-0.25, -0.2) is 0 Å². The lowest BCUT2D eigenvalue weighted by molar-refractivity contribution is -0.118. The van der Waals surface area contributed by atoms with Crippen LogP contribution in [-0.2, 0) is 10.2 Å². The summed E-state index contributed by atoms with van der Waals surface area (Å²) in [6.07, 6.45) is 0.805. The Balaban J connectivity index is 1.16. The van der Waals surface area contributed by atoms with E-state index in [0.29, 0.717) is 0 Å². The number of ether oxygens (including phenoxy) is 1. The molecule has 3 aromatic carbocycles. The van der Waals surface area contributed by atoms with E-state index in [2.05, 4.69) is 74.8 Å². The minimum absolute atomic E-state index is 0.0848. The van der Waals surface area contributed by atoms with Gasteiger partial charge in [-0.3, -0.25) is 9.89 Å². The monoisotopic (exact) mass is 479 g/mol. The zero-order valence-corrected chi connectivity index (χ0v) is 20.5. The predicted molar refractivity (Wildman–Crippen MR) is 142 cm³/mol. The SMILES string of the molecule is COc1ccc2c(c1)[C@]1(CC1c1ccc3c(-c4ccc(N5CCN(C)CC5)cc4)n[nH]c3c1)C(=O)N2. The number of carbonyl (C=O) groups is 1. The Hall–Kier alpha value is -3.84. The van der Waals surface area contributed by atoms with Crippen molar-refractivity contribution in [2.75, 3.05) is 50.6 Å². The molecule has 7 heteroatoms. The van der Waals surface area contributed by atoms with Gasteiger partial charge in [0.1, 0.15) is 5.75 Å². The van der Waals surface area contributed by atoms with Gasteiger partial charge in [0.2, 0.25) is 5.91 Å². The van der Waals surface area contributed by atoms with Gasteiger partial charge in [-0.15, -0.1) is 0 Å². The van der Waals surface area contributed by atoms with Crippen molar-refractivity contribution in [3.05, 3.63) is 71.8 Å². The van der Waals surface area contributed by atoms with Gasteiger partial charge in [0.15, 0.2) is 0 Å². The van der Waals surface area contributed by atoms with E-state index in [0.717, 1.165) is 77.3 Å². The molecule has 1 unspecified atom stereocenters. The normalized spacial score (nSPS) is 23.2. The van der Waals surface area contributed by atoms with E-state index in [9.17, 15) is 4.79 Å². The summed E-state index contributed by atoms with van der Waals surface area (Å²) in [6.45, 7) is 4.30. The van der Waals surface area contributed by atoms with Crippen LogP contribution in [0.5, 0.6) is 5.75 Å². The zero-order valence-electron chi connectivity index (χ0n) is 20.5. The number of aromatic amines is 1. The van der Waals surface area contributed by atoms with Crippen molar-refractivity contribution in [3.8, 4) is 17.0 Å². The number of hydrogen-bond acceptors (Lipinski definition) is 5. The Morgan fingerprint density at radius 3 is 2.58 bits per heavy atom. The number of H-pyrrole nitrogens is 1. The van der Waals surface area contributed by atoms with Crippen molar-refractivity contribution in [1.29, 1.82) is 0 Å². The van der Waals surface area contributed by atoms with Crippen molar-refractivity contribution >= 4 is 28.2 Å². The van der Waals surface area contributed by atoms with Crippen LogP contribution in [0.1, 0.15) is 23.5 Å². The van der Waals surface area contributed by atoms with Crippen molar-refractivity contribution in [2.24, 2.45) is 0 Å². The molecule has 2 fully saturated rings. The summed E-state index contributed by atoms with van der Waals surface area (Å²) in [5.74, 6) is 1.01. The van der Waals surface area contributed by atoms with Gasteiger partial charge < -0.3 is 19.9 Å².